The Balaban J connectivity index is 1.32. The van der Waals surface area contributed by atoms with Gasteiger partial charge in [-0.05, 0) is 43.2 Å². The summed E-state index contributed by atoms with van der Waals surface area (Å²) in [5.74, 6) is 0.686. The van der Waals surface area contributed by atoms with Gasteiger partial charge < -0.3 is 19.3 Å². The van der Waals surface area contributed by atoms with Crippen LogP contribution in [0.1, 0.15) is 23.2 Å². The average molecular weight is 411 g/mol. The molecule has 2 heterocycles. The summed E-state index contributed by atoms with van der Waals surface area (Å²) in [7, 11) is 0. The molecule has 2 aromatic rings. The molecular formula is C22H25N3O5. The highest BCUT2D eigenvalue weighted by Crippen LogP contribution is 2.28. The van der Waals surface area contributed by atoms with Gasteiger partial charge in [0.05, 0.1) is 11.0 Å². The summed E-state index contributed by atoms with van der Waals surface area (Å²) in [6, 6.07) is 13.9. The van der Waals surface area contributed by atoms with Crippen LogP contribution in [-0.4, -0.2) is 61.2 Å². The third-order valence-electron chi connectivity index (χ3n) is 5.55. The van der Waals surface area contributed by atoms with Crippen molar-refractivity contribution in [2.45, 2.75) is 18.9 Å². The molecule has 2 saturated heterocycles. The summed E-state index contributed by atoms with van der Waals surface area (Å²) in [5.41, 5.74) is 1.30. The van der Waals surface area contributed by atoms with E-state index in [4.69, 9.17) is 9.47 Å². The number of amides is 1. The van der Waals surface area contributed by atoms with Gasteiger partial charge in [-0.25, -0.2) is 0 Å². The smallest absolute Gasteiger partial charge is 0.292 e. The van der Waals surface area contributed by atoms with Crippen molar-refractivity contribution in [1.29, 1.82) is 0 Å². The van der Waals surface area contributed by atoms with Gasteiger partial charge in [0.2, 0.25) is 0 Å². The van der Waals surface area contributed by atoms with E-state index in [0.29, 0.717) is 44.0 Å². The standard InChI is InChI=1S/C22H25N3O5/c26-22(17-7-9-18(10-8-17)30-16-19-4-3-15-29-19)24-13-11-23(12-14-24)20-5-1-2-6-21(20)25(27)28/h1-2,5-10,19H,3-4,11-16H2. The van der Waals surface area contributed by atoms with E-state index in [1.807, 2.05) is 17.0 Å². The van der Waals surface area contributed by atoms with E-state index in [2.05, 4.69) is 0 Å². The maximum Gasteiger partial charge on any atom is 0.292 e. The second kappa shape index (κ2) is 9.13. The predicted octanol–water partition coefficient (Wildman–Crippen LogP) is 3.12. The number of hydrogen-bond donors (Lipinski definition) is 0. The molecular weight excluding hydrogens is 386 g/mol. The van der Waals surface area contributed by atoms with Crippen LogP contribution in [0.25, 0.3) is 0 Å². The number of anilines is 1. The molecule has 2 aliphatic heterocycles. The first kappa shape index (κ1) is 20.2. The topological polar surface area (TPSA) is 85.2 Å². The fourth-order valence-corrected chi connectivity index (χ4v) is 3.88. The second-order valence-electron chi connectivity index (χ2n) is 7.50. The van der Waals surface area contributed by atoms with Crippen molar-refractivity contribution in [1.82, 2.24) is 4.90 Å². The van der Waals surface area contributed by atoms with Crippen LogP contribution in [0.5, 0.6) is 5.75 Å². The lowest BCUT2D eigenvalue weighted by atomic mass is 10.1. The van der Waals surface area contributed by atoms with E-state index in [1.54, 1.807) is 35.2 Å². The quantitative estimate of drug-likeness (QED) is 0.536. The number of ether oxygens (including phenoxy) is 2. The SMILES string of the molecule is O=C(c1ccc(OCC2CCCO2)cc1)N1CCN(c2ccccc2[N+](=O)[O-])CC1. The third-order valence-corrected chi connectivity index (χ3v) is 5.55. The summed E-state index contributed by atoms with van der Waals surface area (Å²) in [5, 5.41) is 11.3. The van der Waals surface area contributed by atoms with Gasteiger partial charge in [-0.1, -0.05) is 12.1 Å². The Labute approximate surface area is 175 Å². The number of nitrogens with zero attached hydrogens (tertiary/aromatic N) is 3. The Morgan fingerprint density at radius 1 is 1.10 bits per heavy atom. The van der Waals surface area contributed by atoms with Gasteiger partial charge in [-0.3, -0.25) is 14.9 Å². The minimum absolute atomic E-state index is 0.0390. The lowest BCUT2D eigenvalue weighted by Crippen LogP contribution is -2.48. The highest BCUT2D eigenvalue weighted by Gasteiger charge is 2.26. The van der Waals surface area contributed by atoms with Crippen LogP contribution >= 0.6 is 0 Å². The molecule has 1 amide bonds. The van der Waals surface area contributed by atoms with Gasteiger partial charge in [-0.15, -0.1) is 0 Å². The molecule has 2 fully saturated rings. The number of hydrogen-bond acceptors (Lipinski definition) is 6. The molecule has 8 heteroatoms. The van der Waals surface area contributed by atoms with Gasteiger partial charge >= 0.3 is 0 Å². The molecule has 4 rings (SSSR count). The Hall–Kier alpha value is -3.13. The molecule has 0 N–H and O–H groups in total. The van der Waals surface area contributed by atoms with E-state index < -0.39 is 0 Å². The lowest BCUT2D eigenvalue weighted by Gasteiger charge is -2.35. The number of benzene rings is 2. The number of rotatable bonds is 6. The van der Waals surface area contributed by atoms with Crippen LogP contribution in [0.2, 0.25) is 0 Å². The number of nitro benzene ring substituents is 1. The summed E-state index contributed by atoms with van der Waals surface area (Å²) in [4.78, 5) is 27.5. The van der Waals surface area contributed by atoms with E-state index in [1.165, 1.54) is 6.07 Å². The lowest BCUT2D eigenvalue weighted by molar-refractivity contribution is -0.384. The Morgan fingerprint density at radius 3 is 2.50 bits per heavy atom. The molecule has 0 bridgehead atoms. The highest BCUT2D eigenvalue weighted by molar-refractivity contribution is 5.94. The fourth-order valence-electron chi connectivity index (χ4n) is 3.88. The maximum atomic E-state index is 12.8. The highest BCUT2D eigenvalue weighted by atomic mass is 16.6. The van der Waals surface area contributed by atoms with Gasteiger partial charge in [-0.2, -0.15) is 0 Å². The normalized spacial score (nSPS) is 19.0. The summed E-state index contributed by atoms with van der Waals surface area (Å²) >= 11 is 0. The van der Waals surface area contributed by atoms with Crippen LogP contribution in [-0.2, 0) is 4.74 Å². The van der Waals surface area contributed by atoms with Gasteiger partial charge in [0.25, 0.3) is 11.6 Å². The minimum atomic E-state index is -0.366. The molecule has 30 heavy (non-hydrogen) atoms. The van der Waals surface area contributed by atoms with Crippen molar-refractivity contribution < 1.29 is 19.2 Å². The van der Waals surface area contributed by atoms with Crippen molar-refractivity contribution in [3.05, 3.63) is 64.2 Å². The van der Waals surface area contributed by atoms with Crippen LogP contribution < -0.4 is 9.64 Å². The molecule has 1 atom stereocenters. The van der Waals surface area contributed by atoms with Crippen LogP contribution in [0.4, 0.5) is 11.4 Å². The van der Waals surface area contributed by atoms with Crippen molar-refractivity contribution in [3.63, 3.8) is 0 Å². The first-order valence-corrected chi connectivity index (χ1v) is 10.2. The molecule has 0 aliphatic carbocycles. The number of piperazine rings is 1. The number of para-hydroxylation sites is 2. The summed E-state index contributed by atoms with van der Waals surface area (Å²) in [6.07, 6.45) is 2.25. The zero-order valence-electron chi connectivity index (χ0n) is 16.7. The molecule has 2 aromatic carbocycles. The third kappa shape index (κ3) is 4.54. The predicted molar refractivity (Wildman–Crippen MR) is 112 cm³/mol. The van der Waals surface area contributed by atoms with Gasteiger partial charge in [0, 0.05) is 44.4 Å². The Morgan fingerprint density at radius 2 is 1.83 bits per heavy atom. The first-order chi connectivity index (χ1) is 14.6. The number of carbonyl (C=O) groups is 1. The number of carbonyl (C=O) groups excluding carboxylic acids is 1. The van der Waals surface area contributed by atoms with Crippen molar-refractivity contribution in [2.75, 3.05) is 44.3 Å². The minimum Gasteiger partial charge on any atom is -0.491 e. The van der Waals surface area contributed by atoms with Crippen LogP contribution in [0.15, 0.2) is 48.5 Å². The van der Waals surface area contributed by atoms with E-state index in [0.717, 1.165) is 25.2 Å². The van der Waals surface area contributed by atoms with Crippen LogP contribution in [0, 0.1) is 10.1 Å². The van der Waals surface area contributed by atoms with Crippen molar-refractivity contribution >= 4 is 17.3 Å². The van der Waals surface area contributed by atoms with Crippen molar-refractivity contribution in [3.8, 4) is 5.75 Å². The average Bonchev–Trinajstić information content (AvgIpc) is 3.31. The van der Waals surface area contributed by atoms with E-state index >= 15 is 0 Å². The van der Waals surface area contributed by atoms with Crippen LogP contribution in [0.3, 0.4) is 0 Å². The molecule has 0 saturated carbocycles. The van der Waals surface area contributed by atoms with E-state index in [9.17, 15) is 14.9 Å². The molecule has 1 unspecified atom stereocenters. The molecule has 0 radical (unpaired) electrons. The molecule has 8 nitrogen and oxygen atoms in total. The monoisotopic (exact) mass is 411 g/mol. The molecule has 158 valence electrons. The van der Waals surface area contributed by atoms with Gasteiger partial charge in [0.15, 0.2) is 0 Å². The van der Waals surface area contributed by atoms with Crippen molar-refractivity contribution in [2.24, 2.45) is 0 Å². The van der Waals surface area contributed by atoms with Gasteiger partial charge in [0.1, 0.15) is 18.0 Å². The summed E-state index contributed by atoms with van der Waals surface area (Å²) in [6.45, 7) is 3.47. The Kier molecular flexibility index (Phi) is 6.13. The second-order valence-corrected chi connectivity index (χ2v) is 7.50. The summed E-state index contributed by atoms with van der Waals surface area (Å²) < 4.78 is 11.3. The number of nitro groups is 1. The largest absolute Gasteiger partial charge is 0.491 e. The zero-order chi connectivity index (χ0) is 20.9. The Bertz CT molecular complexity index is 888. The molecule has 2 aliphatic rings. The zero-order valence-corrected chi connectivity index (χ0v) is 16.7. The molecule has 0 aromatic heterocycles. The van der Waals surface area contributed by atoms with E-state index in [-0.39, 0.29) is 22.6 Å². The fraction of sp³-hybridized carbons (Fsp3) is 0.409. The molecule has 0 spiro atoms. The first-order valence-electron chi connectivity index (χ1n) is 10.2. The maximum absolute atomic E-state index is 12.8.